The molecule has 3 aliphatic rings. The van der Waals surface area contributed by atoms with Crippen molar-refractivity contribution in [3.8, 4) is 0 Å². The molecule has 3 atom stereocenters. The molecular formula is C17H18N4O3. The summed E-state index contributed by atoms with van der Waals surface area (Å²) in [5, 5.41) is 8.28. The van der Waals surface area contributed by atoms with Gasteiger partial charge in [-0.05, 0) is 18.4 Å². The molecule has 0 radical (unpaired) electrons. The molecule has 1 spiro atoms. The van der Waals surface area contributed by atoms with E-state index in [1.165, 1.54) is 6.92 Å². The van der Waals surface area contributed by atoms with Gasteiger partial charge in [-0.25, -0.2) is 4.90 Å². The molecule has 0 N–H and O–H groups in total. The van der Waals surface area contributed by atoms with Gasteiger partial charge in [0, 0.05) is 13.5 Å². The third-order valence-corrected chi connectivity index (χ3v) is 5.16. The zero-order valence-electron chi connectivity index (χ0n) is 13.4. The van der Waals surface area contributed by atoms with Crippen molar-refractivity contribution in [2.75, 3.05) is 13.1 Å². The number of imide groups is 1. The highest BCUT2D eigenvalue weighted by molar-refractivity contribution is 6.09. The Bertz CT molecular complexity index is 747. The van der Waals surface area contributed by atoms with Crippen LogP contribution in [0.2, 0.25) is 0 Å². The van der Waals surface area contributed by atoms with Crippen LogP contribution in [0.3, 0.4) is 0 Å². The van der Waals surface area contributed by atoms with Crippen LogP contribution in [0.5, 0.6) is 0 Å². The third kappa shape index (κ3) is 1.81. The fourth-order valence-electron chi connectivity index (χ4n) is 4.13. The van der Waals surface area contributed by atoms with Crippen LogP contribution >= 0.6 is 0 Å². The fraction of sp³-hybridized carbons (Fsp3) is 0.471. The molecule has 0 aromatic heterocycles. The maximum absolute atomic E-state index is 13.3. The van der Waals surface area contributed by atoms with Gasteiger partial charge in [0.05, 0.1) is 12.5 Å². The Morgan fingerprint density at radius 3 is 2.71 bits per heavy atom. The smallest absolute Gasteiger partial charge is 0.275 e. The number of hydrogen-bond donors (Lipinski definition) is 0. The second-order valence-corrected chi connectivity index (χ2v) is 6.46. The molecule has 2 saturated heterocycles. The zero-order valence-corrected chi connectivity index (χ0v) is 13.4. The monoisotopic (exact) mass is 326 g/mol. The lowest BCUT2D eigenvalue weighted by atomic mass is 9.82. The molecule has 7 nitrogen and oxygen atoms in total. The minimum atomic E-state index is -1.56. The Morgan fingerprint density at radius 1 is 1.25 bits per heavy atom. The van der Waals surface area contributed by atoms with E-state index in [0.717, 1.165) is 16.9 Å². The Hall–Kier alpha value is -2.57. The number of rotatable bonds is 1. The molecule has 0 unspecified atom stereocenters. The van der Waals surface area contributed by atoms with Crippen molar-refractivity contribution in [3.05, 3.63) is 35.9 Å². The Labute approximate surface area is 139 Å². The van der Waals surface area contributed by atoms with E-state index in [1.807, 2.05) is 30.3 Å². The third-order valence-electron chi connectivity index (χ3n) is 5.16. The maximum Gasteiger partial charge on any atom is 0.275 e. The Morgan fingerprint density at radius 2 is 2.00 bits per heavy atom. The number of carbonyl (C=O) groups is 3. The van der Waals surface area contributed by atoms with Crippen molar-refractivity contribution < 1.29 is 14.4 Å². The lowest BCUT2D eigenvalue weighted by molar-refractivity contribution is -0.174. The summed E-state index contributed by atoms with van der Waals surface area (Å²) < 4.78 is 0. The lowest BCUT2D eigenvalue weighted by Gasteiger charge is -2.47. The number of fused-ring (bicyclic) bond motifs is 1. The van der Waals surface area contributed by atoms with E-state index >= 15 is 0 Å². The largest absolute Gasteiger partial charge is 0.327 e. The van der Waals surface area contributed by atoms with Gasteiger partial charge in [0.2, 0.25) is 11.6 Å². The van der Waals surface area contributed by atoms with Crippen molar-refractivity contribution in [1.29, 1.82) is 0 Å². The van der Waals surface area contributed by atoms with Crippen LogP contribution in [0, 0.1) is 0 Å². The Kier molecular flexibility index (Phi) is 3.26. The van der Waals surface area contributed by atoms with Crippen molar-refractivity contribution in [2.24, 2.45) is 10.2 Å². The quantitative estimate of drug-likeness (QED) is 0.780. The summed E-state index contributed by atoms with van der Waals surface area (Å²) in [5.74, 6) is -1.52. The van der Waals surface area contributed by atoms with Crippen molar-refractivity contribution >= 4 is 17.7 Å². The molecule has 3 aliphatic heterocycles. The molecule has 0 saturated carbocycles. The van der Waals surface area contributed by atoms with Crippen LogP contribution in [0.25, 0.3) is 0 Å². The number of azo groups is 1. The number of hydrogen-bond acceptors (Lipinski definition) is 5. The lowest BCUT2D eigenvalue weighted by Crippen LogP contribution is -2.71. The minimum Gasteiger partial charge on any atom is -0.327 e. The van der Waals surface area contributed by atoms with E-state index < -0.39 is 23.5 Å². The van der Waals surface area contributed by atoms with Gasteiger partial charge in [-0.2, -0.15) is 10.2 Å². The first-order valence-corrected chi connectivity index (χ1v) is 8.16. The van der Waals surface area contributed by atoms with Crippen LogP contribution in [0.1, 0.15) is 31.2 Å². The van der Waals surface area contributed by atoms with Gasteiger partial charge in [-0.3, -0.25) is 14.4 Å². The summed E-state index contributed by atoms with van der Waals surface area (Å²) in [6.45, 7) is 2.12. The molecule has 124 valence electrons. The molecular weight excluding hydrogens is 308 g/mol. The van der Waals surface area contributed by atoms with E-state index in [4.69, 9.17) is 0 Å². The topological polar surface area (TPSA) is 82.4 Å². The Balaban J connectivity index is 1.88. The molecule has 4 rings (SSSR count). The highest BCUT2D eigenvalue weighted by atomic mass is 16.2. The van der Waals surface area contributed by atoms with E-state index in [-0.39, 0.29) is 18.4 Å². The van der Waals surface area contributed by atoms with E-state index in [9.17, 15) is 14.4 Å². The average Bonchev–Trinajstić information content (AvgIpc) is 3.22. The maximum atomic E-state index is 13.3. The highest BCUT2D eigenvalue weighted by Gasteiger charge is 2.65. The summed E-state index contributed by atoms with van der Waals surface area (Å²) in [5.41, 5.74) is -0.710. The molecule has 1 aromatic carbocycles. The number of benzene rings is 1. The molecule has 0 aliphatic carbocycles. The van der Waals surface area contributed by atoms with Crippen LogP contribution < -0.4 is 0 Å². The summed E-state index contributed by atoms with van der Waals surface area (Å²) >= 11 is 0. The molecule has 7 heteroatoms. The summed E-state index contributed by atoms with van der Waals surface area (Å²) in [7, 11) is 0. The highest BCUT2D eigenvalue weighted by Crippen LogP contribution is 2.45. The predicted octanol–water partition coefficient (Wildman–Crippen LogP) is 1.31. The van der Waals surface area contributed by atoms with Gasteiger partial charge < -0.3 is 4.90 Å². The first-order valence-electron chi connectivity index (χ1n) is 8.16. The SMILES string of the molecule is CC(=O)N1C(=O)[C@@H]2CCCN2C(=O)[C@]12N=NC[C@@H]2c1ccccc1. The molecule has 3 amide bonds. The molecule has 1 aromatic rings. The van der Waals surface area contributed by atoms with Crippen LogP contribution in [-0.4, -0.2) is 52.3 Å². The van der Waals surface area contributed by atoms with Crippen LogP contribution in [0.4, 0.5) is 0 Å². The van der Waals surface area contributed by atoms with Gasteiger partial charge in [-0.15, -0.1) is 0 Å². The van der Waals surface area contributed by atoms with Crippen molar-refractivity contribution in [2.45, 2.75) is 37.4 Å². The molecule has 3 heterocycles. The standard InChI is InChI=1S/C17H18N4O3/c1-11(22)21-15(23)14-8-5-9-20(14)16(24)17(21)13(10-18-19-17)12-6-3-2-4-7-12/h2-4,6-7,13-14H,5,8-10H2,1H3/t13-,14+,17-/m1/s1. The summed E-state index contributed by atoms with van der Waals surface area (Å²) in [6, 6.07) is 8.84. The molecule has 0 bridgehead atoms. The number of piperazine rings is 1. The molecule has 24 heavy (non-hydrogen) atoms. The molecule has 2 fully saturated rings. The van der Waals surface area contributed by atoms with Crippen molar-refractivity contribution in [1.82, 2.24) is 9.80 Å². The minimum absolute atomic E-state index is 0.282. The van der Waals surface area contributed by atoms with E-state index in [0.29, 0.717) is 13.0 Å². The summed E-state index contributed by atoms with van der Waals surface area (Å²) in [4.78, 5) is 41.2. The normalized spacial score (nSPS) is 31.9. The summed E-state index contributed by atoms with van der Waals surface area (Å²) in [6.07, 6.45) is 1.36. The number of amides is 3. The van der Waals surface area contributed by atoms with Gasteiger partial charge in [0.25, 0.3) is 11.8 Å². The van der Waals surface area contributed by atoms with Gasteiger partial charge >= 0.3 is 0 Å². The number of nitrogens with zero attached hydrogens (tertiary/aromatic N) is 4. The number of carbonyl (C=O) groups excluding carboxylic acids is 3. The predicted molar refractivity (Wildman–Crippen MR) is 83.9 cm³/mol. The first-order chi connectivity index (χ1) is 11.6. The fourth-order valence-corrected chi connectivity index (χ4v) is 4.13. The second kappa shape index (κ2) is 5.22. The van der Waals surface area contributed by atoms with E-state index in [2.05, 4.69) is 10.2 Å². The van der Waals surface area contributed by atoms with Crippen LogP contribution in [-0.2, 0) is 14.4 Å². The zero-order chi connectivity index (χ0) is 16.9. The first kappa shape index (κ1) is 15.0. The van der Waals surface area contributed by atoms with Crippen molar-refractivity contribution in [3.63, 3.8) is 0 Å². The van der Waals surface area contributed by atoms with E-state index in [1.54, 1.807) is 4.90 Å². The van der Waals surface area contributed by atoms with Gasteiger partial charge in [0.15, 0.2) is 0 Å². The van der Waals surface area contributed by atoms with Gasteiger partial charge in [-0.1, -0.05) is 30.3 Å². The van der Waals surface area contributed by atoms with Gasteiger partial charge in [0.1, 0.15) is 6.04 Å². The second-order valence-electron chi connectivity index (χ2n) is 6.46. The average molecular weight is 326 g/mol. The van der Waals surface area contributed by atoms with Crippen LogP contribution in [0.15, 0.2) is 40.6 Å².